The van der Waals surface area contributed by atoms with Gasteiger partial charge in [-0.05, 0) is 18.1 Å². The van der Waals surface area contributed by atoms with E-state index >= 15 is 0 Å². The van der Waals surface area contributed by atoms with E-state index in [1.807, 2.05) is 24.3 Å². The average molecular weight is 237 g/mol. The third kappa shape index (κ3) is 4.07. The summed E-state index contributed by atoms with van der Waals surface area (Å²) in [6.07, 6.45) is 1.37. The summed E-state index contributed by atoms with van der Waals surface area (Å²) in [5.41, 5.74) is 6.76. The molecule has 1 atom stereocenters. The lowest BCUT2D eigenvalue weighted by molar-refractivity contribution is -0.142. The third-order valence-electron chi connectivity index (χ3n) is 2.54. The van der Waals surface area contributed by atoms with Crippen molar-refractivity contribution >= 4 is 5.97 Å². The molecule has 17 heavy (non-hydrogen) atoms. The van der Waals surface area contributed by atoms with Gasteiger partial charge in [0.05, 0.1) is 13.7 Å². The van der Waals surface area contributed by atoms with E-state index in [-0.39, 0.29) is 0 Å². The van der Waals surface area contributed by atoms with Gasteiger partial charge in [-0.1, -0.05) is 25.1 Å². The van der Waals surface area contributed by atoms with Gasteiger partial charge in [0.25, 0.3) is 0 Å². The van der Waals surface area contributed by atoms with Crippen molar-refractivity contribution in [2.45, 2.75) is 25.8 Å². The number of hydrogen-bond acceptors (Lipinski definition) is 4. The standard InChI is InChI=1S/C13H19NO3/c1-3-10-6-4-5-7-12(10)17-9-8-11(14)13(15)16-2/h4-7,11H,3,8-9,14H2,1-2H3. The minimum absolute atomic E-state index is 0.405. The molecular formula is C13H19NO3. The minimum atomic E-state index is -0.617. The Morgan fingerprint density at radius 2 is 2.12 bits per heavy atom. The lowest BCUT2D eigenvalue weighted by atomic mass is 10.1. The molecule has 0 saturated carbocycles. The van der Waals surface area contributed by atoms with E-state index in [9.17, 15) is 4.79 Å². The summed E-state index contributed by atoms with van der Waals surface area (Å²) in [5.74, 6) is 0.449. The molecule has 0 amide bonds. The number of ether oxygens (including phenoxy) is 2. The predicted octanol–water partition coefficient (Wildman–Crippen LogP) is 1.52. The molecule has 1 aromatic rings. The quantitative estimate of drug-likeness (QED) is 0.762. The van der Waals surface area contributed by atoms with Crippen LogP contribution in [0.5, 0.6) is 5.75 Å². The molecule has 4 nitrogen and oxygen atoms in total. The van der Waals surface area contributed by atoms with E-state index in [4.69, 9.17) is 10.5 Å². The normalized spacial score (nSPS) is 11.9. The van der Waals surface area contributed by atoms with Crippen LogP contribution in [0.25, 0.3) is 0 Å². The number of rotatable bonds is 6. The molecule has 0 radical (unpaired) electrons. The van der Waals surface area contributed by atoms with Gasteiger partial charge in [-0.25, -0.2) is 0 Å². The van der Waals surface area contributed by atoms with Crippen LogP contribution >= 0.6 is 0 Å². The second-order valence-corrected chi connectivity index (χ2v) is 3.73. The molecule has 0 saturated heterocycles. The fourth-order valence-corrected chi connectivity index (χ4v) is 1.50. The van der Waals surface area contributed by atoms with Crippen LogP contribution in [0.4, 0.5) is 0 Å². The van der Waals surface area contributed by atoms with E-state index in [1.165, 1.54) is 7.11 Å². The number of para-hydroxylation sites is 1. The van der Waals surface area contributed by atoms with Crippen LogP contribution in [0.1, 0.15) is 18.9 Å². The van der Waals surface area contributed by atoms with Gasteiger partial charge in [0.2, 0.25) is 0 Å². The van der Waals surface area contributed by atoms with Gasteiger partial charge in [0, 0.05) is 6.42 Å². The fraction of sp³-hybridized carbons (Fsp3) is 0.462. The zero-order valence-corrected chi connectivity index (χ0v) is 10.3. The van der Waals surface area contributed by atoms with Crippen molar-refractivity contribution in [3.05, 3.63) is 29.8 Å². The fourth-order valence-electron chi connectivity index (χ4n) is 1.50. The topological polar surface area (TPSA) is 61.5 Å². The molecule has 1 rings (SSSR count). The zero-order chi connectivity index (χ0) is 12.7. The molecular weight excluding hydrogens is 218 g/mol. The summed E-state index contributed by atoms with van der Waals surface area (Å²) in [4.78, 5) is 11.1. The number of nitrogens with two attached hydrogens (primary N) is 1. The number of benzene rings is 1. The Balaban J connectivity index is 2.43. The molecule has 0 bridgehead atoms. The Hall–Kier alpha value is -1.55. The number of aryl methyl sites for hydroxylation is 1. The highest BCUT2D eigenvalue weighted by molar-refractivity contribution is 5.75. The molecule has 94 valence electrons. The van der Waals surface area contributed by atoms with Crippen molar-refractivity contribution in [3.8, 4) is 5.75 Å². The number of methoxy groups -OCH3 is 1. The second-order valence-electron chi connectivity index (χ2n) is 3.73. The number of hydrogen-bond donors (Lipinski definition) is 1. The van der Waals surface area contributed by atoms with Gasteiger partial charge >= 0.3 is 5.97 Å². The molecule has 0 aliphatic heterocycles. The molecule has 0 aliphatic carbocycles. The van der Waals surface area contributed by atoms with Crippen LogP contribution in [0, 0.1) is 0 Å². The third-order valence-corrected chi connectivity index (χ3v) is 2.54. The van der Waals surface area contributed by atoms with Gasteiger partial charge in [0.1, 0.15) is 11.8 Å². The molecule has 0 fully saturated rings. The summed E-state index contributed by atoms with van der Waals surface area (Å²) in [6.45, 7) is 2.48. The lowest BCUT2D eigenvalue weighted by Gasteiger charge is -2.12. The summed E-state index contributed by atoms with van der Waals surface area (Å²) in [7, 11) is 1.33. The Bertz CT molecular complexity index is 365. The minimum Gasteiger partial charge on any atom is -0.493 e. The maximum Gasteiger partial charge on any atom is 0.322 e. The number of carbonyl (C=O) groups excluding carboxylic acids is 1. The van der Waals surface area contributed by atoms with Gasteiger partial charge < -0.3 is 15.2 Å². The molecule has 0 aromatic heterocycles. The molecule has 0 aliphatic rings. The van der Waals surface area contributed by atoms with Crippen molar-refractivity contribution < 1.29 is 14.3 Å². The average Bonchev–Trinajstić information content (AvgIpc) is 2.38. The van der Waals surface area contributed by atoms with Gasteiger partial charge in [-0.2, -0.15) is 0 Å². The van der Waals surface area contributed by atoms with Crippen molar-refractivity contribution in [2.75, 3.05) is 13.7 Å². The Morgan fingerprint density at radius 3 is 2.76 bits per heavy atom. The summed E-state index contributed by atoms with van der Waals surface area (Å²) < 4.78 is 10.1. The van der Waals surface area contributed by atoms with Crippen LogP contribution in [0.3, 0.4) is 0 Å². The monoisotopic (exact) mass is 237 g/mol. The Kier molecular flexibility index (Phi) is 5.49. The molecule has 4 heteroatoms. The molecule has 2 N–H and O–H groups in total. The molecule has 0 spiro atoms. The largest absolute Gasteiger partial charge is 0.493 e. The maximum atomic E-state index is 11.1. The first kappa shape index (κ1) is 13.5. The highest BCUT2D eigenvalue weighted by Crippen LogP contribution is 2.18. The summed E-state index contributed by atoms with van der Waals surface area (Å²) in [5, 5.41) is 0. The zero-order valence-electron chi connectivity index (χ0n) is 10.3. The first-order valence-electron chi connectivity index (χ1n) is 5.73. The summed E-state index contributed by atoms with van der Waals surface area (Å²) >= 11 is 0. The Labute approximate surface area is 102 Å². The van der Waals surface area contributed by atoms with Crippen molar-refractivity contribution in [3.63, 3.8) is 0 Å². The van der Waals surface area contributed by atoms with Crippen molar-refractivity contribution in [1.82, 2.24) is 0 Å². The second kappa shape index (κ2) is 6.91. The van der Waals surface area contributed by atoms with Gasteiger partial charge in [-0.3, -0.25) is 4.79 Å². The van der Waals surface area contributed by atoms with Crippen LogP contribution in [0.2, 0.25) is 0 Å². The van der Waals surface area contributed by atoms with E-state index in [0.717, 1.165) is 17.7 Å². The van der Waals surface area contributed by atoms with Crippen LogP contribution in [0.15, 0.2) is 24.3 Å². The molecule has 1 unspecified atom stereocenters. The van der Waals surface area contributed by atoms with Crippen LogP contribution < -0.4 is 10.5 Å². The highest BCUT2D eigenvalue weighted by atomic mass is 16.5. The van der Waals surface area contributed by atoms with Crippen molar-refractivity contribution in [1.29, 1.82) is 0 Å². The van der Waals surface area contributed by atoms with E-state index in [1.54, 1.807) is 0 Å². The van der Waals surface area contributed by atoms with E-state index in [2.05, 4.69) is 11.7 Å². The van der Waals surface area contributed by atoms with E-state index < -0.39 is 12.0 Å². The predicted molar refractivity (Wildman–Crippen MR) is 65.9 cm³/mol. The number of carbonyl (C=O) groups is 1. The van der Waals surface area contributed by atoms with Crippen LogP contribution in [-0.2, 0) is 16.0 Å². The smallest absolute Gasteiger partial charge is 0.322 e. The summed E-state index contributed by atoms with van der Waals surface area (Å²) in [6, 6.07) is 7.23. The molecule has 0 heterocycles. The number of esters is 1. The Morgan fingerprint density at radius 1 is 1.41 bits per heavy atom. The van der Waals surface area contributed by atoms with Crippen molar-refractivity contribution in [2.24, 2.45) is 5.73 Å². The SMILES string of the molecule is CCc1ccccc1OCCC(N)C(=O)OC. The molecule has 1 aromatic carbocycles. The van der Waals surface area contributed by atoms with E-state index in [0.29, 0.717) is 13.0 Å². The maximum absolute atomic E-state index is 11.1. The first-order chi connectivity index (χ1) is 8.19. The first-order valence-corrected chi connectivity index (χ1v) is 5.73. The highest BCUT2D eigenvalue weighted by Gasteiger charge is 2.13. The lowest BCUT2D eigenvalue weighted by Crippen LogP contribution is -2.33. The van der Waals surface area contributed by atoms with Gasteiger partial charge in [-0.15, -0.1) is 0 Å². The van der Waals surface area contributed by atoms with Gasteiger partial charge in [0.15, 0.2) is 0 Å². The van der Waals surface area contributed by atoms with Crippen LogP contribution in [-0.4, -0.2) is 25.7 Å².